The second-order valence-electron chi connectivity index (χ2n) is 5.88. The van der Waals surface area contributed by atoms with Crippen LogP contribution in [-0.2, 0) is 0 Å². The van der Waals surface area contributed by atoms with Gasteiger partial charge in [-0.05, 0) is 32.5 Å². The van der Waals surface area contributed by atoms with E-state index in [0.717, 1.165) is 12.8 Å². The van der Waals surface area contributed by atoms with Gasteiger partial charge in [0.25, 0.3) is 11.8 Å². The second kappa shape index (κ2) is 7.03. The monoisotopic (exact) mass is 304 g/mol. The summed E-state index contributed by atoms with van der Waals surface area (Å²) in [7, 11) is 1.92. The van der Waals surface area contributed by atoms with Crippen LogP contribution in [0.25, 0.3) is 0 Å². The van der Waals surface area contributed by atoms with Crippen molar-refractivity contribution in [1.29, 1.82) is 0 Å². The van der Waals surface area contributed by atoms with E-state index >= 15 is 0 Å². The van der Waals surface area contributed by atoms with Crippen LogP contribution < -0.4 is 0 Å². The Kier molecular flexibility index (Phi) is 5.32. The lowest BCUT2D eigenvalue weighted by Gasteiger charge is -2.31. The zero-order valence-corrected chi connectivity index (χ0v) is 13.5. The van der Waals surface area contributed by atoms with Crippen LogP contribution in [0.2, 0.25) is 0 Å². The highest BCUT2D eigenvalue weighted by atomic mass is 16.3. The number of imide groups is 1. The maximum absolute atomic E-state index is 12.3. The third-order valence-electron chi connectivity index (χ3n) is 4.26. The standard InChI is InChI=1S/C17H24N2O3/c1-4-7-15(12(2)20)18(3)10-11-19-16(21)13-8-5-6-9-14(13)17(19)22/h5-6,8-9,12,15,20H,4,7,10-11H2,1-3H3/t12-,15-/m0/s1. The predicted octanol–water partition coefficient (Wildman–Crippen LogP) is 1.76. The minimum Gasteiger partial charge on any atom is -0.392 e. The molecule has 0 unspecified atom stereocenters. The lowest BCUT2D eigenvalue weighted by Crippen LogP contribution is -2.44. The van der Waals surface area contributed by atoms with E-state index in [4.69, 9.17) is 0 Å². The van der Waals surface area contributed by atoms with Gasteiger partial charge < -0.3 is 5.11 Å². The molecule has 2 rings (SSSR count). The summed E-state index contributed by atoms with van der Waals surface area (Å²) in [4.78, 5) is 27.9. The highest BCUT2D eigenvalue weighted by molar-refractivity contribution is 6.21. The predicted molar refractivity (Wildman–Crippen MR) is 84.8 cm³/mol. The van der Waals surface area contributed by atoms with Crippen molar-refractivity contribution in [2.24, 2.45) is 0 Å². The molecule has 1 aromatic rings. The average Bonchev–Trinajstić information content (AvgIpc) is 2.74. The minimum absolute atomic E-state index is 0.0418. The van der Waals surface area contributed by atoms with Crippen molar-refractivity contribution in [3.05, 3.63) is 35.4 Å². The average molecular weight is 304 g/mol. The zero-order valence-electron chi connectivity index (χ0n) is 13.5. The van der Waals surface area contributed by atoms with E-state index in [1.807, 2.05) is 11.9 Å². The third-order valence-corrected chi connectivity index (χ3v) is 4.26. The molecular formula is C17H24N2O3. The third kappa shape index (κ3) is 3.20. The van der Waals surface area contributed by atoms with Crippen LogP contribution in [0.5, 0.6) is 0 Å². The van der Waals surface area contributed by atoms with Crippen LogP contribution in [-0.4, -0.2) is 59.0 Å². The number of likely N-dealkylation sites (N-methyl/N-ethyl adjacent to an activating group) is 1. The van der Waals surface area contributed by atoms with Crippen LogP contribution >= 0.6 is 0 Å². The summed E-state index contributed by atoms with van der Waals surface area (Å²) in [6.07, 6.45) is 1.43. The highest BCUT2D eigenvalue weighted by Gasteiger charge is 2.35. The van der Waals surface area contributed by atoms with Gasteiger partial charge >= 0.3 is 0 Å². The number of amides is 2. The van der Waals surface area contributed by atoms with Crippen molar-refractivity contribution < 1.29 is 14.7 Å². The van der Waals surface area contributed by atoms with Gasteiger partial charge in [0.1, 0.15) is 0 Å². The molecule has 0 saturated carbocycles. The number of fused-ring (bicyclic) bond motifs is 1. The quantitative estimate of drug-likeness (QED) is 0.780. The highest BCUT2D eigenvalue weighted by Crippen LogP contribution is 2.22. The number of rotatable bonds is 7. The summed E-state index contributed by atoms with van der Waals surface area (Å²) in [5.41, 5.74) is 0.964. The molecule has 0 fully saturated rings. The van der Waals surface area contributed by atoms with Crippen molar-refractivity contribution in [3.8, 4) is 0 Å². The molecule has 0 aromatic heterocycles. The van der Waals surface area contributed by atoms with Crippen LogP contribution in [0.1, 0.15) is 47.4 Å². The van der Waals surface area contributed by atoms with Gasteiger partial charge in [-0.1, -0.05) is 25.5 Å². The van der Waals surface area contributed by atoms with E-state index in [1.165, 1.54) is 4.90 Å². The molecule has 5 nitrogen and oxygen atoms in total. The van der Waals surface area contributed by atoms with Crippen molar-refractivity contribution >= 4 is 11.8 Å². The van der Waals surface area contributed by atoms with Gasteiger partial charge in [-0.25, -0.2) is 0 Å². The largest absolute Gasteiger partial charge is 0.392 e. The van der Waals surface area contributed by atoms with Gasteiger partial charge in [0, 0.05) is 19.1 Å². The smallest absolute Gasteiger partial charge is 0.261 e. The van der Waals surface area contributed by atoms with Gasteiger partial charge in [0.2, 0.25) is 0 Å². The Morgan fingerprint density at radius 1 is 1.18 bits per heavy atom. The molecule has 1 aromatic carbocycles. The maximum Gasteiger partial charge on any atom is 0.261 e. The molecule has 0 bridgehead atoms. The van der Waals surface area contributed by atoms with Gasteiger partial charge in [-0.3, -0.25) is 19.4 Å². The van der Waals surface area contributed by atoms with Crippen LogP contribution in [0.4, 0.5) is 0 Å². The molecule has 22 heavy (non-hydrogen) atoms. The molecule has 1 aliphatic heterocycles. The van der Waals surface area contributed by atoms with Crippen molar-refractivity contribution in [1.82, 2.24) is 9.80 Å². The van der Waals surface area contributed by atoms with Gasteiger partial charge in [-0.2, -0.15) is 0 Å². The van der Waals surface area contributed by atoms with Gasteiger partial charge in [0.15, 0.2) is 0 Å². The molecule has 0 aliphatic carbocycles. The molecule has 1 aliphatic rings. The lowest BCUT2D eigenvalue weighted by atomic mass is 10.1. The summed E-state index contributed by atoms with van der Waals surface area (Å²) in [6, 6.07) is 6.96. The summed E-state index contributed by atoms with van der Waals surface area (Å²) in [5.74, 6) is -0.448. The fourth-order valence-electron chi connectivity index (χ4n) is 2.99. The first-order valence-corrected chi connectivity index (χ1v) is 7.80. The fraction of sp³-hybridized carbons (Fsp3) is 0.529. The Hall–Kier alpha value is -1.72. The SMILES string of the molecule is CCC[C@@H]([C@H](C)O)N(C)CCN1C(=O)c2ccccc2C1=O. The molecule has 0 saturated heterocycles. The van der Waals surface area contributed by atoms with Crippen LogP contribution in [0, 0.1) is 0 Å². The molecule has 2 amide bonds. The lowest BCUT2D eigenvalue weighted by molar-refractivity contribution is 0.0536. The van der Waals surface area contributed by atoms with Crippen molar-refractivity contribution in [2.45, 2.75) is 38.8 Å². The normalized spacial score (nSPS) is 17.0. The number of hydrogen-bond acceptors (Lipinski definition) is 4. The Bertz CT molecular complexity index is 522. The van der Waals surface area contributed by atoms with E-state index in [0.29, 0.717) is 24.2 Å². The number of aliphatic hydroxyl groups is 1. The molecule has 1 N–H and O–H groups in total. The van der Waals surface area contributed by atoms with Gasteiger partial charge in [-0.15, -0.1) is 0 Å². The number of nitrogens with zero attached hydrogens (tertiary/aromatic N) is 2. The molecule has 2 atom stereocenters. The fourth-order valence-corrected chi connectivity index (χ4v) is 2.99. The summed E-state index contributed by atoms with van der Waals surface area (Å²) in [5, 5.41) is 9.86. The number of benzene rings is 1. The Morgan fingerprint density at radius 2 is 1.73 bits per heavy atom. The van der Waals surface area contributed by atoms with Crippen LogP contribution in [0.3, 0.4) is 0 Å². The molecule has 0 spiro atoms. The first-order chi connectivity index (χ1) is 10.5. The number of carbonyl (C=O) groups excluding carboxylic acids is 2. The number of hydrogen-bond donors (Lipinski definition) is 1. The molecule has 5 heteroatoms. The first-order valence-electron chi connectivity index (χ1n) is 7.80. The molecule has 120 valence electrons. The summed E-state index contributed by atoms with van der Waals surface area (Å²) < 4.78 is 0. The molecule has 1 heterocycles. The zero-order chi connectivity index (χ0) is 16.3. The Labute approximate surface area is 131 Å². The summed E-state index contributed by atoms with van der Waals surface area (Å²) >= 11 is 0. The second-order valence-corrected chi connectivity index (χ2v) is 5.88. The molecule has 0 radical (unpaired) electrons. The van der Waals surface area contributed by atoms with E-state index < -0.39 is 6.10 Å². The minimum atomic E-state index is -0.438. The van der Waals surface area contributed by atoms with E-state index in [9.17, 15) is 14.7 Å². The van der Waals surface area contributed by atoms with Crippen molar-refractivity contribution in [2.75, 3.05) is 20.1 Å². The summed E-state index contributed by atoms with van der Waals surface area (Å²) in [6.45, 7) is 4.75. The Balaban J connectivity index is 2.01. The first kappa shape index (κ1) is 16.6. The van der Waals surface area contributed by atoms with E-state index in [1.54, 1.807) is 31.2 Å². The Morgan fingerprint density at radius 3 is 2.18 bits per heavy atom. The van der Waals surface area contributed by atoms with Crippen molar-refractivity contribution in [3.63, 3.8) is 0 Å². The number of aliphatic hydroxyl groups excluding tert-OH is 1. The topological polar surface area (TPSA) is 60.9 Å². The van der Waals surface area contributed by atoms with Gasteiger partial charge in [0.05, 0.1) is 17.2 Å². The van der Waals surface area contributed by atoms with E-state index in [-0.39, 0.29) is 17.9 Å². The van der Waals surface area contributed by atoms with Crippen LogP contribution in [0.15, 0.2) is 24.3 Å². The maximum atomic E-state index is 12.3. The number of carbonyl (C=O) groups is 2. The molecular weight excluding hydrogens is 280 g/mol. The van der Waals surface area contributed by atoms with E-state index in [2.05, 4.69) is 6.92 Å².